The second kappa shape index (κ2) is 7.82. The molecule has 0 bridgehead atoms. The number of hydrogen-bond acceptors (Lipinski definition) is 4. The minimum absolute atomic E-state index is 0.0565. The van der Waals surface area contributed by atoms with E-state index in [0.29, 0.717) is 0 Å². The Hall–Kier alpha value is -1.75. The number of piperidine rings is 1. The van der Waals surface area contributed by atoms with Crippen molar-refractivity contribution in [1.82, 2.24) is 14.8 Å². The number of benzene rings is 1. The molecule has 2 saturated heterocycles. The van der Waals surface area contributed by atoms with Gasteiger partial charge in [-0.15, -0.1) is 0 Å². The SMILES string of the molecule is Cc1cccnc1CCN1CCC2(CC1)CN(Cc1ccccc1)CC1(CC1)O2. The van der Waals surface area contributed by atoms with Gasteiger partial charge in [-0.2, -0.15) is 0 Å². The highest BCUT2D eigenvalue weighted by atomic mass is 16.5. The van der Waals surface area contributed by atoms with Gasteiger partial charge >= 0.3 is 0 Å². The van der Waals surface area contributed by atoms with Crippen molar-refractivity contribution >= 4 is 0 Å². The summed E-state index contributed by atoms with van der Waals surface area (Å²) >= 11 is 0. The van der Waals surface area contributed by atoms with Crippen LogP contribution in [-0.4, -0.2) is 58.7 Å². The summed E-state index contributed by atoms with van der Waals surface area (Å²) in [4.78, 5) is 9.84. The third kappa shape index (κ3) is 4.40. The van der Waals surface area contributed by atoms with E-state index >= 15 is 0 Å². The molecular formula is C25H33N3O. The topological polar surface area (TPSA) is 28.6 Å². The van der Waals surface area contributed by atoms with Crippen LogP contribution in [0.25, 0.3) is 0 Å². The number of nitrogens with zero attached hydrogens (tertiary/aromatic N) is 3. The number of morpholine rings is 1. The molecule has 4 heteroatoms. The summed E-state index contributed by atoms with van der Waals surface area (Å²) in [6.07, 6.45) is 7.75. The van der Waals surface area contributed by atoms with Crippen LogP contribution in [-0.2, 0) is 17.7 Å². The van der Waals surface area contributed by atoms with Crippen LogP contribution in [0.4, 0.5) is 0 Å². The molecule has 29 heavy (non-hydrogen) atoms. The first-order chi connectivity index (χ1) is 14.1. The molecule has 0 radical (unpaired) electrons. The lowest BCUT2D eigenvalue weighted by molar-refractivity contribution is -0.189. The Kier molecular flexibility index (Phi) is 5.19. The molecule has 3 aliphatic rings. The number of likely N-dealkylation sites (tertiary alicyclic amines) is 1. The maximum atomic E-state index is 6.83. The zero-order valence-corrected chi connectivity index (χ0v) is 17.6. The van der Waals surface area contributed by atoms with Crippen molar-refractivity contribution in [3.63, 3.8) is 0 Å². The molecule has 5 rings (SSSR count). The van der Waals surface area contributed by atoms with Crippen LogP contribution in [0.15, 0.2) is 48.7 Å². The lowest BCUT2D eigenvalue weighted by atomic mass is 9.87. The van der Waals surface area contributed by atoms with Gasteiger partial charge in [0.2, 0.25) is 0 Å². The molecule has 3 fully saturated rings. The smallest absolute Gasteiger partial charge is 0.0841 e. The second-order valence-corrected chi connectivity index (χ2v) is 9.46. The van der Waals surface area contributed by atoms with Crippen LogP contribution in [0.5, 0.6) is 0 Å². The molecule has 2 aliphatic heterocycles. The Balaban J connectivity index is 1.19. The van der Waals surface area contributed by atoms with Crippen LogP contribution in [0, 0.1) is 6.92 Å². The molecule has 1 aromatic heterocycles. The molecule has 154 valence electrons. The van der Waals surface area contributed by atoms with Crippen LogP contribution in [0.3, 0.4) is 0 Å². The Bertz CT molecular complexity index is 825. The van der Waals surface area contributed by atoms with E-state index in [-0.39, 0.29) is 11.2 Å². The average Bonchev–Trinajstić information content (AvgIpc) is 3.46. The zero-order valence-electron chi connectivity index (χ0n) is 17.6. The number of pyridine rings is 1. The van der Waals surface area contributed by atoms with Crippen LogP contribution >= 0.6 is 0 Å². The quantitative estimate of drug-likeness (QED) is 0.774. The first-order valence-corrected chi connectivity index (χ1v) is 11.2. The molecule has 0 atom stereocenters. The largest absolute Gasteiger partial charge is 0.366 e. The standard InChI is InChI=1S/C25H33N3O/c1-21-6-5-14-26-23(21)9-15-27-16-12-25(13-17-27)20-28(19-24(29-25)10-11-24)18-22-7-3-2-4-8-22/h2-8,14H,9-13,15-20H2,1H3. The van der Waals surface area contributed by atoms with E-state index in [4.69, 9.17) is 4.74 Å². The van der Waals surface area contributed by atoms with Gasteiger partial charge in [-0.3, -0.25) is 9.88 Å². The predicted molar refractivity (Wildman–Crippen MR) is 116 cm³/mol. The first-order valence-electron chi connectivity index (χ1n) is 11.2. The van der Waals surface area contributed by atoms with Gasteiger partial charge in [0.15, 0.2) is 0 Å². The maximum Gasteiger partial charge on any atom is 0.0841 e. The average molecular weight is 392 g/mol. The van der Waals surface area contributed by atoms with E-state index in [1.54, 1.807) is 0 Å². The number of ether oxygens (including phenoxy) is 1. The Morgan fingerprint density at radius 1 is 0.897 bits per heavy atom. The summed E-state index contributed by atoms with van der Waals surface area (Å²) < 4.78 is 6.83. The van der Waals surface area contributed by atoms with Crippen molar-refractivity contribution in [3.8, 4) is 0 Å². The fraction of sp³-hybridized carbons (Fsp3) is 0.560. The Labute approximate surface area is 174 Å². The van der Waals surface area contributed by atoms with Gasteiger partial charge < -0.3 is 9.64 Å². The van der Waals surface area contributed by atoms with Gasteiger partial charge in [-0.05, 0) is 49.8 Å². The Morgan fingerprint density at radius 3 is 2.31 bits per heavy atom. The minimum Gasteiger partial charge on any atom is -0.366 e. The van der Waals surface area contributed by atoms with E-state index in [9.17, 15) is 0 Å². The minimum atomic E-state index is 0.0565. The van der Waals surface area contributed by atoms with Gasteiger partial charge in [0.1, 0.15) is 0 Å². The van der Waals surface area contributed by atoms with Crippen LogP contribution in [0.2, 0.25) is 0 Å². The predicted octanol–water partition coefficient (Wildman–Crippen LogP) is 3.83. The lowest BCUT2D eigenvalue weighted by Gasteiger charge is -2.50. The molecular weight excluding hydrogens is 358 g/mol. The molecule has 0 unspecified atom stereocenters. The van der Waals surface area contributed by atoms with E-state index in [0.717, 1.165) is 58.5 Å². The molecule has 3 heterocycles. The third-order valence-corrected chi connectivity index (χ3v) is 7.06. The summed E-state index contributed by atoms with van der Waals surface area (Å²) in [5.41, 5.74) is 4.18. The highest BCUT2D eigenvalue weighted by Crippen LogP contribution is 2.49. The van der Waals surface area contributed by atoms with Crippen molar-refractivity contribution in [2.24, 2.45) is 0 Å². The molecule has 2 aromatic rings. The normalized spacial score (nSPS) is 23.5. The van der Waals surface area contributed by atoms with Gasteiger partial charge in [0.05, 0.1) is 11.2 Å². The van der Waals surface area contributed by atoms with Gasteiger partial charge in [-0.25, -0.2) is 0 Å². The fourth-order valence-electron chi connectivity index (χ4n) is 5.24. The van der Waals surface area contributed by atoms with Crippen molar-refractivity contribution in [2.75, 3.05) is 32.7 Å². The highest BCUT2D eigenvalue weighted by Gasteiger charge is 2.55. The van der Waals surface area contributed by atoms with Crippen molar-refractivity contribution in [2.45, 2.75) is 56.8 Å². The van der Waals surface area contributed by atoms with Crippen molar-refractivity contribution in [1.29, 1.82) is 0 Å². The fourth-order valence-corrected chi connectivity index (χ4v) is 5.24. The Morgan fingerprint density at radius 2 is 1.62 bits per heavy atom. The van der Waals surface area contributed by atoms with Crippen LogP contribution < -0.4 is 0 Å². The second-order valence-electron chi connectivity index (χ2n) is 9.46. The van der Waals surface area contributed by atoms with Crippen LogP contribution in [0.1, 0.15) is 42.5 Å². The lowest BCUT2D eigenvalue weighted by Crippen LogP contribution is -2.60. The maximum absolute atomic E-state index is 6.83. The molecule has 0 N–H and O–H groups in total. The van der Waals surface area contributed by atoms with Gasteiger partial charge in [0.25, 0.3) is 0 Å². The van der Waals surface area contributed by atoms with E-state index < -0.39 is 0 Å². The number of rotatable bonds is 5. The molecule has 2 spiro atoms. The highest BCUT2D eigenvalue weighted by molar-refractivity contribution is 5.18. The molecule has 0 amide bonds. The number of aryl methyl sites for hydroxylation is 1. The molecule has 1 aromatic carbocycles. The molecule has 1 aliphatic carbocycles. The summed E-state index contributed by atoms with van der Waals surface area (Å²) in [6, 6.07) is 15.1. The van der Waals surface area contributed by atoms with Gasteiger partial charge in [0, 0.05) is 57.6 Å². The number of hydrogen-bond donors (Lipinski definition) is 0. The van der Waals surface area contributed by atoms with E-state index in [2.05, 4.69) is 58.1 Å². The van der Waals surface area contributed by atoms with Gasteiger partial charge in [-0.1, -0.05) is 36.4 Å². The summed E-state index contributed by atoms with van der Waals surface area (Å²) in [7, 11) is 0. The van der Waals surface area contributed by atoms with E-state index in [1.165, 1.54) is 29.7 Å². The summed E-state index contributed by atoms with van der Waals surface area (Å²) in [5.74, 6) is 0. The monoisotopic (exact) mass is 391 g/mol. The zero-order chi connectivity index (χ0) is 19.7. The first kappa shape index (κ1) is 19.2. The van der Waals surface area contributed by atoms with Crippen molar-refractivity contribution in [3.05, 3.63) is 65.5 Å². The molecule has 4 nitrogen and oxygen atoms in total. The van der Waals surface area contributed by atoms with Crippen molar-refractivity contribution < 1.29 is 4.74 Å². The molecule has 1 saturated carbocycles. The van der Waals surface area contributed by atoms with E-state index in [1.807, 2.05) is 12.3 Å². The summed E-state index contributed by atoms with van der Waals surface area (Å²) in [6.45, 7) is 8.79. The third-order valence-electron chi connectivity index (χ3n) is 7.06. The number of aromatic nitrogens is 1. The summed E-state index contributed by atoms with van der Waals surface area (Å²) in [5, 5.41) is 0.